The van der Waals surface area contributed by atoms with Crippen molar-refractivity contribution in [3.63, 3.8) is 0 Å². The van der Waals surface area contributed by atoms with Crippen LogP contribution in [0.4, 0.5) is 0 Å². The number of nitrogens with one attached hydrogen (secondary N) is 2. The van der Waals surface area contributed by atoms with E-state index >= 15 is 0 Å². The monoisotopic (exact) mass is 449 g/mol. The highest BCUT2D eigenvalue weighted by atomic mass is 32.2. The van der Waals surface area contributed by atoms with E-state index in [1.807, 2.05) is 66.9 Å². The predicted octanol–water partition coefficient (Wildman–Crippen LogP) is 3.92. The third kappa shape index (κ3) is 6.07. The van der Waals surface area contributed by atoms with E-state index in [-0.39, 0.29) is 29.7 Å². The largest absolute Gasteiger partial charge is 0.349 e. The second kappa shape index (κ2) is 11.3. The van der Waals surface area contributed by atoms with Gasteiger partial charge in [-0.2, -0.15) is 0 Å². The Labute approximate surface area is 192 Å². The van der Waals surface area contributed by atoms with Crippen LogP contribution in [0.25, 0.3) is 0 Å². The Morgan fingerprint density at radius 1 is 1.00 bits per heavy atom. The van der Waals surface area contributed by atoms with Gasteiger partial charge < -0.3 is 15.2 Å². The highest BCUT2D eigenvalue weighted by molar-refractivity contribution is 7.99. The fourth-order valence-electron chi connectivity index (χ4n) is 3.20. The predicted molar refractivity (Wildman–Crippen MR) is 126 cm³/mol. The minimum Gasteiger partial charge on any atom is -0.349 e. The van der Waals surface area contributed by atoms with Gasteiger partial charge in [-0.15, -0.1) is 16.8 Å². The van der Waals surface area contributed by atoms with Crippen LogP contribution in [0.15, 0.2) is 78.5 Å². The second-order valence-electron chi connectivity index (χ2n) is 7.29. The van der Waals surface area contributed by atoms with Crippen molar-refractivity contribution in [3.05, 3.63) is 90.3 Å². The molecule has 0 unspecified atom stereocenters. The highest BCUT2D eigenvalue weighted by Crippen LogP contribution is 2.21. The van der Waals surface area contributed by atoms with E-state index in [4.69, 9.17) is 0 Å². The molecule has 3 aromatic rings. The summed E-state index contributed by atoms with van der Waals surface area (Å²) in [5.41, 5.74) is 1.62. The molecular weight excluding hydrogens is 422 g/mol. The number of hydrogen-bond donors (Lipinski definition) is 2. The van der Waals surface area contributed by atoms with Gasteiger partial charge in [0.25, 0.3) is 5.91 Å². The van der Waals surface area contributed by atoms with Crippen LogP contribution in [-0.4, -0.2) is 32.3 Å². The molecule has 2 amide bonds. The summed E-state index contributed by atoms with van der Waals surface area (Å²) in [4.78, 5) is 24.9. The Hall–Kier alpha value is -3.39. The van der Waals surface area contributed by atoms with E-state index < -0.39 is 0 Å². The number of aromatic nitrogens is 3. The molecule has 8 heteroatoms. The molecule has 0 bridgehead atoms. The van der Waals surface area contributed by atoms with Gasteiger partial charge in [-0.1, -0.05) is 66.4 Å². The molecule has 1 aromatic heterocycles. The molecule has 0 radical (unpaired) electrons. The van der Waals surface area contributed by atoms with Crippen LogP contribution in [-0.2, 0) is 11.3 Å². The lowest BCUT2D eigenvalue weighted by atomic mass is 10.1. The second-order valence-corrected chi connectivity index (χ2v) is 8.23. The van der Waals surface area contributed by atoms with Gasteiger partial charge in [0.1, 0.15) is 0 Å². The van der Waals surface area contributed by atoms with Crippen LogP contribution in [0.1, 0.15) is 47.7 Å². The Morgan fingerprint density at radius 3 is 2.31 bits per heavy atom. The smallest absolute Gasteiger partial charge is 0.251 e. The Balaban J connectivity index is 1.63. The zero-order chi connectivity index (χ0) is 22.9. The molecule has 1 heterocycles. The molecule has 0 aliphatic rings. The van der Waals surface area contributed by atoms with Crippen LogP contribution in [0.3, 0.4) is 0 Å². The lowest BCUT2D eigenvalue weighted by Crippen LogP contribution is -2.29. The maximum absolute atomic E-state index is 12.5. The van der Waals surface area contributed by atoms with Gasteiger partial charge in [0.05, 0.1) is 17.8 Å². The summed E-state index contributed by atoms with van der Waals surface area (Å²) in [7, 11) is 0. The molecule has 3 rings (SSSR count). The number of amides is 2. The summed E-state index contributed by atoms with van der Waals surface area (Å²) in [6.45, 7) is 8.08. The van der Waals surface area contributed by atoms with Crippen LogP contribution >= 0.6 is 11.8 Å². The van der Waals surface area contributed by atoms with Gasteiger partial charge in [-0.25, -0.2) is 0 Å². The van der Waals surface area contributed by atoms with Gasteiger partial charge in [-0.3, -0.25) is 9.59 Å². The average Bonchev–Trinajstić information content (AvgIpc) is 3.21. The average molecular weight is 450 g/mol. The molecular formula is C24H27N5O2S. The number of thioether (sulfide) groups is 1. The highest BCUT2D eigenvalue weighted by Gasteiger charge is 2.20. The van der Waals surface area contributed by atoms with Gasteiger partial charge >= 0.3 is 0 Å². The van der Waals surface area contributed by atoms with E-state index in [0.717, 1.165) is 5.56 Å². The van der Waals surface area contributed by atoms with E-state index in [1.165, 1.54) is 11.8 Å². The molecule has 7 nitrogen and oxygen atoms in total. The maximum atomic E-state index is 12.5. The first-order valence-electron chi connectivity index (χ1n) is 10.4. The Bertz CT molecular complexity index is 1050. The molecule has 0 aliphatic carbocycles. The van der Waals surface area contributed by atoms with E-state index in [2.05, 4.69) is 27.4 Å². The van der Waals surface area contributed by atoms with Gasteiger partial charge in [0.2, 0.25) is 5.91 Å². The minimum atomic E-state index is -0.364. The molecule has 166 valence electrons. The van der Waals surface area contributed by atoms with Crippen molar-refractivity contribution < 1.29 is 9.59 Å². The van der Waals surface area contributed by atoms with Gasteiger partial charge in [0.15, 0.2) is 11.0 Å². The molecule has 0 saturated heterocycles. The summed E-state index contributed by atoms with van der Waals surface area (Å²) in [6, 6.07) is 18.4. The summed E-state index contributed by atoms with van der Waals surface area (Å²) in [5, 5.41) is 15.1. The van der Waals surface area contributed by atoms with E-state index in [0.29, 0.717) is 23.1 Å². The number of hydrogen-bond acceptors (Lipinski definition) is 5. The number of allylic oxidation sites excluding steroid dienone is 1. The van der Waals surface area contributed by atoms with Crippen molar-refractivity contribution in [1.82, 2.24) is 25.4 Å². The van der Waals surface area contributed by atoms with Crippen molar-refractivity contribution in [2.24, 2.45) is 0 Å². The first-order chi connectivity index (χ1) is 15.5. The summed E-state index contributed by atoms with van der Waals surface area (Å²) >= 11 is 1.30. The van der Waals surface area contributed by atoms with Crippen molar-refractivity contribution in [3.8, 4) is 0 Å². The zero-order valence-electron chi connectivity index (χ0n) is 18.2. The van der Waals surface area contributed by atoms with Crippen molar-refractivity contribution in [1.29, 1.82) is 0 Å². The summed E-state index contributed by atoms with van der Waals surface area (Å²) in [6.07, 6.45) is 1.74. The number of nitrogens with zero attached hydrogens (tertiary/aromatic N) is 3. The van der Waals surface area contributed by atoms with E-state index in [1.54, 1.807) is 18.2 Å². The van der Waals surface area contributed by atoms with Crippen molar-refractivity contribution in [2.45, 2.75) is 37.6 Å². The molecule has 0 fully saturated rings. The molecule has 0 aliphatic heterocycles. The molecule has 0 saturated carbocycles. The van der Waals surface area contributed by atoms with Crippen LogP contribution < -0.4 is 10.6 Å². The normalized spacial score (nSPS) is 12.6. The third-order valence-electron chi connectivity index (χ3n) is 4.84. The number of carbonyl (C=O) groups is 2. The fourth-order valence-corrected chi connectivity index (χ4v) is 3.97. The van der Waals surface area contributed by atoms with Crippen LogP contribution in [0.5, 0.6) is 0 Å². The standard InChI is InChI=1S/C24H27N5O2S/c1-4-15-29-22(18(3)26-23(31)20-13-9-6-10-14-20)27-28-24(29)32-16-21(30)25-17(2)19-11-7-5-8-12-19/h4-14,17-18H,1,15-16H2,2-3H3,(H,25,30)(H,26,31)/t17-,18+/m0/s1. The fraction of sp³-hybridized carbons (Fsp3) is 0.250. The van der Waals surface area contributed by atoms with Crippen LogP contribution in [0, 0.1) is 0 Å². The summed E-state index contributed by atoms with van der Waals surface area (Å²) < 4.78 is 1.86. The SMILES string of the molecule is C=CCn1c(SCC(=O)N[C@@H](C)c2ccccc2)nnc1[C@@H](C)NC(=O)c1ccccc1. The van der Waals surface area contributed by atoms with Gasteiger partial charge in [-0.05, 0) is 31.5 Å². The Morgan fingerprint density at radius 2 is 1.66 bits per heavy atom. The number of benzene rings is 2. The molecule has 32 heavy (non-hydrogen) atoms. The lowest BCUT2D eigenvalue weighted by molar-refractivity contribution is -0.119. The molecule has 2 atom stereocenters. The van der Waals surface area contributed by atoms with Crippen molar-refractivity contribution in [2.75, 3.05) is 5.75 Å². The van der Waals surface area contributed by atoms with E-state index in [9.17, 15) is 9.59 Å². The Kier molecular flexibility index (Phi) is 8.21. The summed E-state index contributed by atoms with van der Waals surface area (Å²) in [5.74, 6) is 0.535. The van der Waals surface area contributed by atoms with Crippen LogP contribution in [0.2, 0.25) is 0 Å². The van der Waals surface area contributed by atoms with Crippen molar-refractivity contribution >= 4 is 23.6 Å². The molecule has 0 spiro atoms. The van der Waals surface area contributed by atoms with Gasteiger partial charge in [0, 0.05) is 12.1 Å². The maximum Gasteiger partial charge on any atom is 0.251 e. The first kappa shape index (κ1) is 23.3. The lowest BCUT2D eigenvalue weighted by Gasteiger charge is -2.16. The topological polar surface area (TPSA) is 88.9 Å². The zero-order valence-corrected chi connectivity index (χ0v) is 19.0. The number of rotatable bonds is 10. The third-order valence-corrected chi connectivity index (χ3v) is 5.80. The molecule has 2 N–H and O–H groups in total. The minimum absolute atomic E-state index is 0.0841. The first-order valence-corrected chi connectivity index (χ1v) is 11.3. The quantitative estimate of drug-likeness (QED) is 0.362. The number of carbonyl (C=O) groups excluding carboxylic acids is 2. The molecule has 2 aromatic carbocycles.